The molecule has 0 aliphatic carbocycles. The van der Waals surface area contributed by atoms with Crippen molar-refractivity contribution >= 4 is 22.6 Å². The number of aromatic hydroxyl groups is 2. The van der Waals surface area contributed by atoms with Crippen LogP contribution in [-0.2, 0) is 0 Å². The van der Waals surface area contributed by atoms with Gasteiger partial charge >= 0.3 is 0 Å². The highest BCUT2D eigenvalue weighted by molar-refractivity contribution is 6.30. The van der Waals surface area contributed by atoms with E-state index in [0.29, 0.717) is 35.7 Å². The summed E-state index contributed by atoms with van der Waals surface area (Å²) in [6.07, 6.45) is -0.686. The number of hydrogen-bond donors (Lipinski definition) is 5. The maximum atomic E-state index is 13.4. The molecule has 164 valence electrons. The first-order valence-electron chi connectivity index (χ1n) is 10.1. The summed E-state index contributed by atoms with van der Waals surface area (Å²) < 4.78 is 5.97. The molecule has 4 rings (SSSR count). The van der Waals surface area contributed by atoms with Gasteiger partial charge in [-0.05, 0) is 43.5 Å². The van der Waals surface area contributed by atoms with E-state index >= 15 is 0 Å². The number of phenolic OH excluding ortho intramolecular Hbond substituents is 2. The molecule has 7 nitrogen and oxygen atoms in total. The molecule has 8 heteroatoms. The first kappa shape index (κ1) is 21.6. The van der Waals surface area contributed by atoms with Crippen LogP contribution in [0.3, 0.4) is 0 Å². The second-order valence-electron chi connectivity index (χ2n) is 7.93. The zero-order valence-electron chi connectivity index (χ0n) is 16.9. The van der Waals surface area contributed by atoms with Gasteiger partial charge in [0.25, 0.3) is 0 Å². The van der Waals surface area contributed by atoms with Crippen LogP contribution in [0.4, 0.5) is 0 Å². The molecule has 2 aromatic carbocycles. The smallest absolute Gasteiger partial charge is 0.202 e. The highest BCUT2D eigenvalue weighted by Gasteiger charge is 2.33. The molecule has 2 heterocycles. The molecule has 1 saturated heterocycles. The zero-order chi connectivity index (χ0) is 22.3. The summed E-state index contributed by atoms with van der Waals surface area (Å²) in [7, 11) is 0. The van der Waals surface area contributed by atoms with Gasteiger partial charge in [-0.2, -0.15) is 0 Å². The maximum Gasteiger partial charge on any atom is 0.202 e. The van der Waals surface area contributed by atoms with Gasteiger partial charge in [0.15, 0.2) is 0 Å². The number of halogens is 1. The molecule has 0 bridgehead atoms. The van der Waals surface area contributed by atoms with Gasteiger partial charge in [-0.3, -0.25) is 4.79 Å². The molecule has 3 unspecified atom stereocenters. The van der Waals surface area contributed by atoms with E-state index in [1.54, 1.807) is 31.2 Å². The van der Waals surface area contributed by atoms with Crippen LogP contribution >= 0.6 is 11.6 Å². The predicted molar refractivity (Wildman–Crippen MR) is 117 cm³/mol. The van der Waals surface area contributed by atoms with Crippen LogP contribution in [0.25, 0.3) is 11.0 Å². The molecule has 0 amide bonds. The Hall–Kier alpha value is -2.58. The van der Waals surface area contributed by atoms with Crippen LogP contribution in [0.1, 0.15) is 40.9 Å². The lowest BCUT2D eigenvalue weighted by Gasteiger charge is -2.32. The van der Waals surface area contributed by atoms with E-state index < -0.39 is 17.3 Å². The van der Waals surface area contributed by atoms with Crippen molar-refractivity contribution in [1.82, 2.24) is 5.32 Å². The number of aliphatic hydroxyl groups excluding tert-OH is 2. The minimum Gasteiger partial charge on any atom is -0.507 e. The van der Waals surface area contributed by atoms with Gasteiger partial charge in [0.05, 0.1) is 5.56 Å². The average molecular weight is 446 g/mol. The molecule has 3 aromatic rings. The molecule has 1 aliphatic rings. The summed E-state index contributed by atoms with van der Waals surface area (Å²) in [5.74, 6) is -0.902. The average Bonchev–Trinajstić information content (AvgIpc) is 2.73. The van der Waals surface area contributed by atoms with Crippen LogP contribution < -0.4 is 10.7 Å². The number of fused-ring (bicyclic) bond motifs is 1. The molecule has 0 spiro atoms. The SMILES string of the molecule is Cc1oc2c(C3CCNCC3CO)c(O)cc(O)c2c(=O)c1C(O)c1cccc(Cl)c1. The summed E-state index contributed by atoms with van der Waals surface area (Å²) in [6.45, 7) is 2.69. The van der Waals surface area contributed by atoms with Crippen LogP contribution in [0.15, 0.2) is 39.5 Å². The van der Waals surface area contributed by atoms with Gasteiger partial charge in [0.2, 0.25) is 5.43 Å². The number of phenols is 2. The second kappa shape index (κ2) is 8.51. The van der Waals surface area contributed by atoms with Crippen molar-refractivity contribution in [1.29, 1.82) is 0 Å². The molecule has 31 heavy (non-hydrogen) atoms. The Bertz CT molecular complexity index is 1190. The number of piperidine rings is 1. The van der Waals surface area contributed by atoms with Crippen molar-refractivity contribution in [2.45, 2.75) is 25.4 Å². The Morgan fingerprint density at radius 3 is 2.74 bits per heavy atom. The van der Waals surface area contributed by atoms with E-state index in [9.17, 15) is 25.2 Å². The van der Waals surface area contributed by atoms with E-state index in [0.717, 1.165) is 6.07 Å². The summed E-state index contributed by atoms with van der Waals surface area (Å²) in [5.41, 5.74) is 0.286. The van der Waals surface area contributed by atoms with Crippen molar-refractivity contribution in [2.75, 3.05) is 19.7 Å². The maximum absolute atomic E-state index is 13.4. The lowest BCUT2D eigenvalue weighted by Crippen LogP contribution is -2.37. The van der Waals surface area contributed by atoms with Gasteiger partial charge < -0.3 is 30.2 Å². The number of rotatable bonds is 4. The second-order valence-corrected chi connectivity index (χ2v) is 8.37. The topological polar surface area (TPSA) is 123 Å². The Kier molecular flexibility index (Phi) is 5.94. The van der Waals surface area contributed by atoms with Gasteiger partial charge in [-0.15, -0.1) is 0 Å². The highest BCUT2D eigenvalue weighted by Crippen LogP contribution is 2.43. The van der Waals surface area contributed by atoms with Crippen LogP contribution in [0.5, 0.6) is 11.5 Å². The fraction of sp³-hybridized carbons (Fsp3) is 0.348. The zero-order valence-corrected chi connectivity index (χ0v) is 17.7. The minimum atomic E-state index is -1.31. The fourth-order valence-electron chi connectivity index (χ4n) is 4.49. The van der Waals surface area contributed by atoms with Gasteiger partial charge in [-0.1, -0.05) is 23.7 Å². The van der Waals surface area contributed by atoms with E-state index in [4.69, 9.17) is 16.0 Å². The monoisotopic (exact) mass is 445 g/mol. The number of nitrogens with one attached hydrogen (secondary N) is 1. The fourth-order valence-corrected chi connectivity index (χ4v) is 4.69. The first-order valence-corrected chi connectivity index (χ1v) is 10.5. The number of benzene rings is 2. The largest absolute Gasteiger partial charge is 0.507 e. The van der Waals surface area contributed by atoms with E-state index in [-0.39, 0.29) is 46.5 Å². The quantitative estimate of drug-likeness (QED) is 0.418. The Morgan fingerprint density at radius 2 is 2.03 bits per heavy atom. The van der Waals surface area contributed by atoms with Crippen molar-refractivity contribution in [3.05, 3.63) is 68.0 Å². The summed E-state index contributed by atoms with van der Waals surface area (Å²) in [6, 6.07) is 7.64. The Balaban J connectivity index is 1.95. The normalized spacial score (nSPS) is 20.1. The molecule has 0 radical (unpaired) electrons. The van der Waals surface area contributed by atoms with Crippen molar-refractivity contribution in [3.63, 3.8) is 0 Å². The van der Waals surface area contributed by atoms with Gasteiger partial charge in [0.1, 0.15) is 34.3 Å². The molecule has 1 aliphatic heterocycles. The van der Waals surface area contributed by atoms with E-state index in [1.165, 1.54) is 0 Å². The first-order chi connectivity index (χ1) is 14.8. The van der Waals surface area contributed by atoms with Crippen LogP contribution in [0.2, 0.25) is 5.02 Å². The van der Waals surface area contributed by atoms with Crippen LogP contribution in [-0.4, -0.2) is 40.1 Å². The number of hydrogen-bond acceptors (Lipinski definition) is 7. The predicted octanol–water partition coefficient (Wildman–Crippen LogP) is 2.93. The molecule has 3 atom stereocenters. The Labute approximate surface area is 183 Å². The van der Waals surface area contributed by atoms with E-state index in [1.807, 2.05) is 0 Å². The Morgan fingerprint density at radius 1 is 1.26 bits per heavy atom. The minimum absolute atomic E-state index is 0.00859. The molecule has 5 N–H and O–H groups in total. The molecule has 1 fully saturated rings. The molecule has 1 aromatic heterocycles. The van der Waals surface area contributed by atoms with E-state index in [2.05, 4.69) is 5.32 Å². The molecule has 0 saturated carbocycles. The molecular weight excluding hydrogens is 422 g/mol. The number of aliphatic hydroxyl groups is 2. The summed E-state index contributed by atoms with van der Waals surface area (Å²) >= 11 is 6.02. The third-order valence-corrected chi connectivity index (χ3v) is 6.27. The highest BCUT2D eigenvalue weighted by atomic mass is 35.5. The third-order valence-electron chi connectivity index (χ3n) is 6.03. The lowest BCUT2D eigenvalue weighted by molar-refractivity contribution is 0.178. The van der Waals surface area contributed by atoms with Gasteiger partial charge in [-0.25, -0.2) is 0 Å². The molecular formula is C23H24ClNO6. The van der Waals surface area contributed by atoms with Crippen LogP contribution in [0, 0.1) is 12.8 Å². The van der Waals surface area contributed by atoms with Crippen molar-refractivity contribution in [3.8, 4) is 11.5 Å². The van der Waals surface area contributed by atoms with Crippen molar-refractivity contribution < 1.29 is 24.8 Å². The third kappa shape index (κ3) is 3.78. The summed E-state index contributed by atoms with van der Waals surface area (Å²) in [4.78, 5) is 13.4. The van der Waals surface area contributed by atoms with Gasteiger partial charge in [0, 0.05) is 35.7 Å². The number of aryl methyl sites for hydroxylation is 1. The summed E-state index contributed by atoms with van der Waals surface area (Å²) in [5, 5.41) is 45.4. The lowest BCUT2D eigenvalue weighted by atomic mass is 9.80. The standard InChI is InChI=1S/C23H24ClNO6/c1-11-18(21(29)12-3-2-4-14(24)7-12)22(30)20-17(28)8-16(27)19(23(20)31-11)15-5-6-25-9-13(15)10-26/h2-4,7-8,13,15,21,25-29H,5-6,9-10H2,1H3. The van der Waals surface area contributed by atoms with Crippen molar-refractivity contribution in [2.24, 2.45) is 5.92 Å².